The average Bonchev–Trinajstić information content (AvgIpc) is 3.61. The number of hydrogen-bond donors (Lipinski definition) is 0. The zero-order chi connectivity index (χ0) is 28.2. The van der Waals surface area contributed by atoms with E-state index in [1.54, 1.807) is 11.3 Å². The summed E-state index contributed by atoms with van der Waals surface area (Å²) < 4.78 is 4.92. The summed E-state index contributed by atoms with van der Waals surface area (Å²) in [6, 6.07) is 46.8. The summed E-state index contributed by atoms with van der Waals surface area (Å²) in [5.74, 6) is 0. The van der Waals surface area contributed by atoms with Gasteiger partial charge in [0, 0.05) is 45.9 Å². The van der Waals surface area contributed by atoms with Gasteiger partial charge in [0.2, 0.25) is 0 Å². The molecule has 0 aliphatic rings. The van der Waals surface area contributed by atoms with E-state index >= 15 is 0 Å². The van der Waals surface area contributed by atoms with Crippen molar-refractivity contribution in [1.82, 2.24) is 0 Å². The standard InChI is InChI=1S/C38H20N2S2/c39-21-23-9-15-36-33(17-23)34-19-25(12-16-37(34)41-36)24-10-13-29(32(18-24)28-6-2-1-5-27(28)22-40)26-11-14-31-30-7-3-4-8-35(30)42-38(31)20-26/h1-20H. The Balaban J connectivity index is 1.34. The predicted octanol–water partition coefficient (Wildman–Crippen LogP) is 11.2. The topological polar surface area (TPSA) is 47.6 Å². The number of hydrogen-bond acceptors (Lipinski definition) is 4. The molecule has 194 valence electrons. The molecular weight excluding hydrogens is 549 g/mol. The minimum Gasteiger partial charge on any atom is -0.192 e. The summed E-state index contributed by atoms with van der Waals surface area (Å²) >= 11 is 3.56. The minimum absolute atomic E-state index is 0.655. The van der Waals surface area contributed by atoms with Crippen molar-refractivity contribution >= 4 is 63.0 Å². The molecule has 0 saturated carbocycles. The molecule has 0 N–H and O–H groups in total. The van der Waals surface area contributed by atoms with Crippen LogP contribution in [0.4, 0.5) is 0 Å². The molecule has 0 spiro atoms. The molecule has 0 unspecified atom stereocenters. The first-order chi connectivity index (χ1) is 20.7. The van der Waals surface area contributed by atoms with E-state index in [9.17, 15) is 10.5 Å². The molecule has 0 aliphatic heterocycles. The highest BCUT2D eigenvalue weighted by Gasteiger charge is 2.15. The smallest absolute Gasteiger partial charge is 0.0998 e. The maximum Gasteiger partial charge on any atom is 0.0998 e. The SMILES string of the molecule is N#Cc1ccc2sc3ccc(-c4ccc(-c5ccc6c(c5)sc5ccccc56)c(-c5ccccc5C#N)c4)cc3c2c1. The maximum atomic E-state index is 10.0. The highest BCUT2D eigenvalue weighted by molar-refractivity contribution is 7.26. The summed E-state index contributed by atoms with van der Waals surface area (Å²) in [6.45, 7) is 0. The second kappa shape index (κ2) is 9.68. The number of fused-ring (bicyclic) bond motifs is 6. The van der Waals surface area contributed by atoms with E-state index in [1.807, 2.05) is 53.8 Å². The van der Waals surface area contributed by atoms with Gasteiger partial charge in [0.1, 0.15) is 0 Å². The van der Waals surface area contributed by atoms with Crippen LogP contribution in [-0.2, 0) is 0 Å². The first kappa shape index (κ1) is 24.5. The van der Waals surface area contributed by atoms with Crippen LogP contribution in [0.1, 0.15) is 11.1 Å². The molecule has 2 nitrogen and oxygen atoms in total. The fraction of sp³-hybridized carbons (Fsp3) is 0. The fourth-order valence-corrected chi connectivity index (χ4v) is 8.15. The van der Waals surface area contributed by atoms with Crippen LogP contribution in [0.5, 0.6) is 0 Å². The maximum absolute atomic E-state index is 10.0. The third-order valence-electron chi connectivity index (χ3n) is 7.98. The van der Waals surface area contributed by atoms with Gasteiger partial charge in [0.25, 0.3) is 0 Å². The Morgan fingerprint density at radius 3 is 1.95 bits per heavy atom. The molecule has 0 fully saturated rings. The molecule has 0 aliphatic carbocycles. The third-order valence-corrected chi connectivity index (χ3v) is 10.3. The lowest BCUT2D eigenvalue weighted by Crippen LogP contribution is -1.90. The summed E-state index contributed by atoms with van der Waals surface area (Å²) in [4.78, 5) is 0. The van der Waals surface area contributed by atoms with E-state index in [0.29, 0.717) is 11.1 Å². The zero-order valence-electron chi connectivity index (χ0n) is 22.3. The van der Waals surface area contributed by atoms with Crippen molar-refractivity contribution in [1.29, 1.82) is 10.5 Å². The minimum atomic E-state index is 0.655. The second-order valence-electron chi connectivity index (χ2n) is 10.4. The van der Waals surface area contributed by atoms with Gasteiger partial charge in [-0.05, 0) is 82.4 Å². The van der Waals surface area contributed by atoms with Crippen LogP contribution >= 0.6 is 22.7 Å². The van der Waals surface area contributed by atoms with Crippen molar-refractivity contribution < 1.29 is 0 Å². The van der Waals surface area contributed by atoms with Crippen LogP contribution in [0.15, 0.2) is 121 Å². The second-order valence-corrected chi connectivity index (χ2v) is 12.5. The average molecular weight is 569 g/mol. The largest absolute Gasteiger partial charge is 0.192 e. The molecular formula is C38H20N2S2. The van der Waals surface area contributed by atoms with Gasteiger partial charge in [0.05, 0.1) is 23.3 Å². The number of rotatable bonds is 3. The van der Waals surface area contributed by atoms with Crippen LogP contribution in [0.2, 0.25) is 0 Å². The third kappa shape index (κ3) is 3.90. The molecule has 0 atom stereocenters. The van der Waals surface area contributed by atoms with Crippen molar-refractivity contribution in [3.05, 3.63) is 132 Å². The lowest BCUT2D eigenvalue weighted by Gasteiger charge is -2.15. The van der Waals surface area contributed by atoms with Gasteiger partial charge in [-0.2, -0.15) is 10.5 Å². The van der Waals surface area contributed by atoms with Crippen molar-refractivity contribution in [2.24, 2.45) is 0 Å². The van der Waals surface area contributed by atoms with E-state index in [0.717, 1.165) is 44.2 Å². The van der Waals surface area contributed by atoms with E-state index in [4.69, 9.17) is 0 Å². The number of nitriles is 2. The first-order valence-corrected chi connectivity index (χ1v) is 15.3. The van der Waals surface area contributed by atoms with Crippen LogP contribution in [0.3, 0.4) is 0 Å². The molecule has 0 radical (unpaired) electrons. The number of benzene rings is 6. The monoisotopic (exact) mass is 568 g/mol. The normalized spacial score (nSPS) is 11.3. The van der Waals surface area contributed by atoms with Crippen molar-refractivity contribution in [2.75, 3.05) is 0 Å². The van der Waals surface area contributed by atoms with E-state index < -0.39 is 0 Å². The predicted molar refractivity (Wildman–Crippen MR) is 178 cm³/mol. The summed E-state index contributed by atoms with van der Waals surface area (Å²) in [5, 5.41) is 24.3. The van der Waals surface area contributed by atoms with Gasteiger partial charge < -0.3 is 0 Å². The molecule has 0 bridgehead atoms. The summed E-state index contributed by atoms with van der Waals surface area (Å²) in [6.07, 6.45) is 0. The summed E-state index contributed by atoms with van der Waals surface area (Å²) in [7, 11) is 0. The van der Waals surface area contributed by atoms with Crippen LogP contribution in [0, 0.1) is 22.7 Å². The Morgan fingerprint density at radius 2 is 1.07 bits per heavy atom. The van der Waals surface area contributed by atoms with Gasteiger partial charge in [-0.15, -0.1) is 22.7 Å². The Kier molecular flexibility index (Phi) is 5.66. The van der Waals surface area contributed by atoms with Gasteiger partial charge >= 0.3 is 0 Å². The van der Waals surface area contributed by atoms with E-state index in [2.05, 4.69) is 91.0 Å². The first-order valence-electron chi connectivity index (χ1n) is 13.6. The Hall–Kier alpha value is -5.26. The molecule has 0 saturated heterocycles. The molecule has 4 heteroatoms. The molecule has 2 heterocycles. The van der Waals surface area contributed by atoms with Gasteiger partial charge in [0.15, 0.2) is 0 Å². The van der Waals surface area contributed by atoms with Crippen LogP contribution in [-0.4, -0.2) is 0 Å². The van der Waals surface area contributed by atoms with Gasteiger partial charge in [-0.1, -0.05) is 66.7 Å². The molecule has 0 amide bonds. The molecule has 6 aromatic carbocycles. The number of nitrogens with zero attached hydrogens (tertiary/aromatic N) is 2. The molecule has 42 heavy (non-hydrogen) atoms. The lowest BCUT2D eigenvalue weighted by atomic mass is 9.89. The van der Waals surface area contributed by atoms with Gasteiger partial charge in [-0.25, -0.2) is 0 Å². The van der Waals surface area contributed by atoms with Crippen LogP contribution in [0.25, 0.3) is 73.7 Å². The van der Waals surface area contributed by atoms with E-state index in [1.165, 1.54) is 29.6 Å². The molecule has 8 aromatic rings. The molecule has 2 aromatic heterocycles. The Labute approximate surface area is 250 Å². The zero-order valence-corrected chi connectivity index (χ0v) is 23.9. The Morgan fingerprint density at radius 1 is 0.405 bits per heavy atom. The van der Waals surface area contributed by atoms with Crippen LogP contribution < -0.4 is 0 Å². The van der Waals surface area contributed by atoms with Crippen molar-refractivity contribution in [3.63, 3.8) is 0 Å². The van der Waals surface area contributed by atoms with Crippen molar-refractivity contribution in [2.45, 2.75) is 0 Å². The fourth-order valence-electron chi connectivity index (χ4n) is 5.93. The summed E-state index contributed by atoms with van der Waals surface area (Å²) in [5.41, 5.74) is 7.70. The van der Waals surface area contributed by atoms with Crippen molar-refractivity contribution in [3.8, 4) is 45.5 Å². The van der Waals surface area contributed by atoms with Gasteiger partial charge in [-0.3, -0.25) is 0 Å². The lowest BCUT2D eigenvalue weighted by molar-refractivity contribution is 1.48. The molecule has 8 rings (SSSR count). The quantitative estimate of drug-likeness (QED) is 0.213. The highest BCUT2D eigenvalue weighted by Crippen LogP contribution is 2.42. The Bertz CT molecular complexity index is 2450. The van der Waals surface area contributed by atoms with E-state index in [-0.39, 0.29) is 0 Å². The highest BCUT2D eigenvalue weighted by atomic mass is 32.1. The number of thiophene rings is 2.